The summed E-state index contributed by atoms with van der Waals surface area (Å²) in [6, 6.07) is 0. The maximum absolute atomic E-state index is 11.2. The van der Waals surface area contributed by atoms with Gasteiger partial charge in [-0.3, -0.25) is 4.99 Å². The summed E-state index contributed by atoms with van der Waals surface area (Å²) in [6.07, 6.45) is 0.817. The highest BCUT2D eigenvalue weighted by Gasteiger charge is 2.15. The summed E-state index contributed by atoms with van der Waals surface area (Å²) in [5.41, 5.74) is -0.202. The predicted molar refractivity (Wildman–Crippen MR) is 66.6 cm³/mol. The molecule has 0 aliphatic heterocycles. The van der Waals surface area contributed by atoms with E-state index in [1.54, 1.807) is 0 Å². The van der Waals surface area contributed by atoms with Crippen LogP contribution >= 0.6 is 0 Å². The van der Waals surface area contributed by atoms with E-state index in [1.165, 1.54) is 20.2 Å². The third-order valence-corrected chi connectivity index (χ3v) is 1.82. The number of rotatable bonds is 6. The highest BCUT2D eigenvalue weighted by atomic mass is 16.6. The van der Waals surface area contributed by atoms with Gasteiger partial charge in [-0.15, -0.1) is 0 Å². The lowest BCUT2D eigenvalue weighted by Gasteiger charge is -2.11. The Kier molecular flexibility index (Phi) is 7.19. The van der Waals surface area contributed by atoms with Crippen LogP contribution in [0.2, 0.25) is 0 Å². The Morgan fingerprint density at radius 2 is 1.89 bits per heavy atom. The van der Waals surface area contributed by atoms with E-state index in [-0.39, 0.29) is 12.1 Å². The predicted octanol–water partition coefficient (Wildman–Crippen LogP) is 0.977. The van der Waals surface area contributed by atoms with E-state index in [1.807, 2.05) is 20.8 Å². The summed E-state index contributed by atoms with van der Waals surface area (Å²) in [6.45, 7) is 6.96. The molecule has 0 spiro atoms. The maximum Gasteiger partial charge on any atom is 0.344 e. The van der Waals surface area contributed by atoms with Gasteiger partial charge in [0.05, 0.1) is 5.54 Å². The van der Waals surface area contributed by atoms with Crippen molar-refractivity contribution < 1.29 is 23.8 Å². The van der Waals surface area contributed by atoms with Crippen LogP contribution in [0, 0.1) is 0 Å². The van der Waals surface area contributed by atoms with Crippen LogP contribution in [0.25, 0.3) is 0 Å². The summed E-state index contributed by atoms with van der Waals surface area (Å²) in [5.74, 6) is -1.22. The van der Waals surface area contributed by atoms with Crippen molar-refractivity contribution in [2.45, 2.75) is 39.3 Å². The molecule has 0 heterocycles. The first-order valence-corrected chi connectivity index (χ1v) is 5.65. The molecular weight excluding hydrogens is 238 g/mol. The molecule has 0 aromatic rings. The molecule has 18 heavy (non-hydrogen) atoms. The molecule has 0 radical (unpaired) electrons. The summed E-state index contributed by atoms with van der Waals surface area (Å²) in [5, 5.41) is 0. The van der Waals surface area contributed by atoms with Gasteiger partial charge in [0.1, 0.15) is 6.61 Å². The minimum Gasteiger partial charge on any atom is -0.457 e. The van der Waals surface area contributed by atoms with Gasteiger partial charge in [-0.2, -0.15) is 0 Å². The smallest absolute Gasteiger partial charge is 0.344 e. The van der Waals surface area contributed by atoms with Crippen LogP contribution in [0.3, 0.4) is 0 Å². The van der Waals surface area contributed by atoms with Crippen molar-refractivity contribution in [3.63, 3.8) is 0 Å². The molecule has 0 saturated heterocycles. The van der Waals surface area contributed by atoms with Crippen LogP contribution in [-0.2, 0) is 23.8 Å². The average molecular weight is 259 g/mol. The van der Waals surface area contributed by atoms with Crippen LogP contribution in [0.4, 0.5) is 0 Å². The third-order valence-electron chi connectivity index (χ3n) is 1.82. The molecule has 0 aromatic heterocycles. The molecule has 1 unspecified atom stereocenters. The molecular formula is C12H21NO5. The maximum atomic E-state index is 11.2. The van der Waals surface area contributed by atoms with E-state index >= 15 is 0 Å². The normalized spacial score (nSPS) is 13.4. The number of methoxy groups -OCH3 is 1. The molecule has 0 aliphatic carbocycles. The number of aliphatic imine (C=N–C) groups is 1. The molecule has 0 N–H and O–H groups in total. The lowest BCUT2D eigenvalue weighted by molar-refractivity contribution is -0.163. The Morgan fingerprint density at radius 3 is 2.39 bits per heavy atom. The van der Waals surface area contributed by atoms with Gasteiger partial charge in [-0.05, 0) is 27.7 Å². The molecule has 0 rings (SSSR count). The molecule has 0 bridgehead atoms. The number of esters is 2. The van der Waals surface area contributed by atoms with E-state index < -0.39 is 24.6 Å². The second kappa shape index (κ2) is 7.81. The SMILES string of the molecule is COC(C)C(=O)OCC(=O)OCC=NC(C)(C)C. The molecule has 104 valence electrons. The minimum atomic E-state index is -0.694. The van der Waals surface area contributed by atoms with Gasteiger partial charge in [0.25, 0.3) is 0 Å². The molecule has 6 heteroatoms. The van der Waals surface area contributed by atoms with Crippen LogP contribution < -0.4 is 0 Å². The quantitative estimate of drug-likeness (QED) is 0.525. The van der Waals surface area contributed by atoms with Crippen LogP contribution in [0.15, 0.2) is 4.99 Å². The van der Waals surface area contributed by atoms with Gasteiger partial charge >= 0.3 is 11.9 Å². The van der Waals surface area contributed by atoms with Gasteiger partial charge in [0.2, 0.25) is 0 Å². The number of carbonyl (C=O) groups is 2. The zero-order chi connectivity index (χ0) is 14.2. The number of hydrogen-bond donors (Lipinski definition) is 0. The molecule has 0 fully saturated rings. The Labute approximate surface area is 107 Å². The van der Waals surface area contributed by atoms with Crippen molar-refractivity contribution in [1.82, 2.24) is 0 Å². The zero-order valence-electron chi connectivity index (χ0n) is 11.6. The molecule has 0 saturated carbocycles. The number of nitrogens with zero attached hydrogens (tertiary/aromatic N) is 1. The fourth-order valence-electron chi connectivity index (χ4n) is 0.827. The van der Waals surface area contributed by atoms with Gasteiger partial charge < -0.3 is 14.2 Å². The third kappa shape index (κ3) is 8.69. The first-order chi connectivity index (χ1) is 8.26. The van der Waals surface area contributed by atoms with E-state index in [0.29, 0.717) is 0 Å². The highest BCUT2D eigenvalue weighted by molar-refractivity contribution is 5.79. The minimum absolute atomic E-state index is 0.0630. The van der Waals surface area contributed by atoms with Crippen molar-refractivity contribution >= 4 is 18.2 Å². The summed E-state index contributed by atoms with van der Waals surface area (Å²) in [4.78, 5) is 26.5. The highest BCUT2D eigenvalue weighted by Crippen LogP contribution is 2.04. The first-order valence-electron chi connectivity index (χ1n) is 5.65. The second-order valence-corrected chi connectivity index (χ2v) is 4.65. The number of carbonyl (C=O) groups excluding carboxylic acids is 2. The largest absolute Gasteiger partial charge is 0.457 e. The Hall–Kier alpha value is -1.43. The van der Waals surface area contributed by atoms with E-state index in [4.69, 9.17) is 9.47 Å². The van der Waals surface area contributed by atoms with Crippen molar-refractivity contribution in [2.24, 2.45) is 4.99 Å². The Morgan fingerprint density at radius 1 is 1.28 bits per heavy atom. The van der Waals surface area contributed by atoms with Crippen molar-refractivity contribution in [1.29, 1.82) is 0 Å². The van der Waals surface area contributed by atoms with Crippen LogP contribution in [-0.4, -0.2) is 50.1 Å². The Bertz CT molecular complexity index is 306. The van der Waals surface area contributed by atoms with Gasteiger partial charge in [0, 0.05) is 13.3 Å². The van der Waals surface area contributed by atoms with Gasteiger partial charge in [-0.1, -0.05) is 0 Å². The monoisotopic (exact) mass is 259 g/mol. The first kappa shape index (κ1) is 16.6. The van der Waals surface area contributed by atoms with Gasteiger partial charge in [0.15, 0.2) is 12.7 Å². The topological polar surface area (TPSA) is 74.2 Å². The molecule has 0 amide bonds. The lowest BCUT2D eigenvalue weighted by atomic mass is 10.1. The van der Waals surface area contributed by atoms with Gasteiger partial charge in [-0.25, -0.2) is 9.59 Å². The van der Waals surface area contributed by atoms with Crippen LogP contribution in [0.1, 0.15) is 27.7 Å². The number of ether oxygens (including phenoxy) is 3. The Balaban J connectivity index is 3.80. The second-order valence-electron chi connectivity index (χ2n) is 4.65. The molecule has 0 aromatic carbocycles. The fraction of sp³-hybridized carbons (Fsp3) is 0.750. The van der Waals surface area contributed by atoms with Crippen molar-refractivity contribution in [3.8, 4) is 0 Å². The fourth-order valence-corrected chi connectivity index (χ4v) is 0.827. The van der Waals surface area contributed by atoms with Crippen molar-refractivity contribution in [3.05, 3.63) is 0 Å². The summed E-state index contributed by atoms with van der Waals surface area (Å²) < 4.78 is 14.2. The molecule has 6 nitrogen and oxygen atoms in total. The van der Waals surface area contributed by atoms with Crippen LogP contribution in [0.5, 0.6) is 0 Å². The molecule has 1 atom stereocenters. The molecule has 0 aliphatic rings. The summed E-state index contributed by atoms with van der Waals surface area (Å²) in [7, 11) is 1.38. The lowest BCUT2D eigenvalue weighted by Crippen LogP contribution is -2.25. The van der Waals surface area contributed by atoms with E-state index in [2.05, 4.69) is 9.73 Å². The average Bonchev–Trinajstić information content (AvgIpc) is 2.29. The van der Waals surface area contributed by atoms with Crippen molar-refractivity contribution in [2.75, 3.05) is 20.3 Å². The van der Waals surface area contributed by atoms with E-state index in [0.717, 1.165) is 0 Å². The summed E-state index contributed by atoms with van der Waals surface area (Å²) >= 11 is 0. The zero-order valence-corrected chi connectivity index (χ0v) is 11.6. The number of hydrogen-bond acceptors (Lipinski definition) is 6. The standard InChI is InChI=1S/C12H21NO5/c1-9(16-5)11(15)18-8-10(14)17-7-6-13-12(2,3)4/h6,9H,7-8H2,1-5H3. The van der Waals surface area contributed by atoms with E-state index in [9.17, 15) is 9.59 Å².